The van der Waals surface area contributed by atoms with E-state index < -0.39 is 4.92 Å². The summed E-state index contributed by atoms with van der Waals surface area (Å²) in [5.41, 5.74) is 2.98. The number of hydrazine groups is 1. The van der Waals surface area contributed by atoms with Crippen LogP contribution in [0.2, 0.25) is 0 Å². The molecule has 0 unspecified atom stereocenters. The van der Waals surface area contributed by atoms with Crippen molar-refractivity contribution in [2.24, 2.45) is 0 Å². The molecule has 0 bridgehead atoms. The molecule has 20 heavy (non-hydrogen) atoms. The Morgan fingerprint density at radius 1 is 1.45 bits per heavy atom. The molecule has 2 heterocycles. The van der Waals surface area contributed by atoms with Crippen LogP contribution in [0.15, 0.2) is 12.1 Å². The lowest BCUT2D eigenvalue weighted by atomic mass is 10.3. The lowest BCUT2D eigenvalue weighted by Crippen LogP contribution is -2.40. The average Bonchev–Trinajstić information content (AvgIpc) is 2.46. The van der Waals surface area contributed by atoms with Crippen LogP contribution in [0.1, 0.15) is 13.3 Å². The molecule has 8 nitrogen and oxygen atoms in total. The largest absolute Gasteiger partial charge is 0.379 e. The van der Waals surface area contributed by atoms with Crippen LogP contribution in [0.5, 0.6) is 0 Å². The van der Waals surface area contributed by atoms with Crippen molar-refractivity contribution < 1.29 is 9.66 Å². The van der Waals surface area contributed by atoms with Crippen LogP contribution in [-0.4, -0.2) is 47.8 Å². The molecule has 0 spiro atoms. The van der Waals surface area contributed by atoms with E-state index in [9.17, 15) is 10.1 Å². The Labute approximate surface area is 117 Å². The molecule has 110 valence electrons. The molecule has 1 aromatic rings. The Kier molecular flexibility index (Phi) is 5.08. The van der Waals surface area contributed by atoms with Crippen LogP contribution in [-0.2, 0) is 4.74 Å². The van der Waals surface area contributed by atoms with E-state index in [1.54, 1.807) is 6.07 Å². The van der Waals surface area contributed by atoms with Crippen molar-refractivity contribution in [3.05, 3.63) is 22.2 Å². The van der Waals surface area contributed by atoms with Gasteiger partial charge in [-0.1, -0.05) is 6.92 Å². The number of hydrogen-bond acceptors (Lipinski definition) is 7. The number of nitrogens with one attached hydrogen (secondary N) is 2. The van der Waals surface area contributed by atoms with Gasteiger partial charge in [-0.2, -0.15) is 0 Å². The summed E-state index contributed by atoms with van der Waals surface area (Å²) in [6.07, 6.45) is 0.963. The first kappa shape index (κ1) is 14.5. The fraction of sp³-hybridized carbons (Fsp3) is 0.583. The normalized spacial score (nSPS) is 15.8. The quantitative estimate of drug-likeness (QED) is 0.602. The molecule has 1 fully saturated rings. The SMILES string of the molecule is CCCNc1ccc([N+](=O)[O-])c(NN2CCOCC2)n1. The number of rotatable bonds is 6. The molecule has 1 aromatic heterocycles. The van der Waals surface area contributed by atoms with Crippen LogP contribution in [0.25, 0.3) is 0 Å². The molecule has 0 atom stereocenters. The number of ether oxygens (including phenoxy) is 1. The van der Waals surface area contributed by atoms with Crippen molar-refractivity contribution in [3.63, 3.8) is 0 Å². The summed E-state index contributed by atoms with van der Waals surface area (Å²) in [7, 11) is 0. The van der Waals surface area contributed by atoms with E-state index in [0.717, 1.165) is 13.0 Å². The van der Waals surface area contributed by atoms with Gasteiger partial charge in [0.05, 0.1) is 18.1 Å². The van der Waals surface area contributed by atoms with Crippen molar-refractivity contribution in [3.8, 4) is 0 Å². The van der Waals surface area contributed by atoms with Crippen LogP contribution >= 0.6 is 0 Å². The predicted octanol–water partition coefficient (Wildman–Crippen LogP) is 1.47. The second-order valence-electron chi connectivity index (χ2n) is 4.46. The molecular formula is C12H19N5O3. The van der Waals surface area contributed by atoms with Crippen molar-refractivity contribution >= 4 is 17.3 Å². The van der Waals surface area contributed by atoms with Gasteiger partial charge in [-0.15, -0.1) is 0 Å². The molecule has 1 aliphatic heterocycles. The summed E-state index contributed by atoms with van der Waals surface area (Å²) in [5.74, 6) is 0.895. The van der Waals surface area contributed by atoms with Gasteiger partial charge in [0.25, 0.3) is 0 Å². The number of pyridine rings is 1. The maximum atomic E-state index is 11.1. The lowest BCUT2D eigenvalue weighted by Gasteiger charge is -2.27. The second-order valence-corrected chi connectivity index (χ2v) is 4.46. The third-order valence-corrected chi connectivity index (χ3v) is 2.90. The number of morpholine rings is 1. The van der Waals surface area contributed by atoms with Gasteiger partial charge in [0.2, 0.25) is 5.82 Å². The molecule has 1 saturated heterocycles. The molecular weight excluding hydrogens is 262 g/mol. The maximum Gasteiger partial charge on any atom is 0.312 e. The molecule has 2 rings (SSSR count). The highest BCUT2D eigenvalue weighted by Crippen LogP contribution is 2.24. The van der Waals surface area contributed by atoms with Gasteiger partial charge in [-0.25, -0.2) is 9.99 Å². The number of hydrogen-bond donors (Lipinski definition) is 2. The minimum atomic E-state index is -0.431. The highest BCUT2D eigenvalue weighted by atomic mass is 16.6. The Bertz CT molecular complexity index is 462. The Balaban J connectivity index is 2.14. The molecule has 2 N–H and O–H groups in total. The fourth-order valence-electron chi connectivity index (χ4n) is 1.86. The number of aromatic nitrogens is 1. The van der Waals surface area contributed by atoms with E-state index in [2.05, 4.69) is 15.7 Å². The highest BCUT2D eigenvalue weighted by Gasteiger charge is 2.19. The average molecular weight is 281 g/mol. The smallest absolute Gasteiger partial charge is 0.312 e. The van der Waals surface area contributed by atoms with Crippen molar-refractivity contribution in [2.75, 3.05) is 43.6 Å². The summed E-state index contributed by atoms with van der Waals surface area (Å²) >= 11 is 0. The second kappa shape index (κ2) is 7.01. The topological polar surface area (TPSA) is 92.6 Å². The molecule has 0 amide bonds. The Morgan fingerprint density at radius 2 is 2.20 bits per heavy atom. The molecule has 0 aromatic carbocycles. The minimum Gasteiger partial charge on any atom is -0.379 e. The minimum absolute atomic E-state index is 0.0291. The first-order valence-electron chi connectivity index (χ1n) is 6.69. The summed E-state index contributed by atoms with van der Waals surface area (Å²) in [6, 6.07) is 3.09. The van der Waals surface area contributed by atoms with Crippen LogP contribution in [0, 0.1) is 10.1 Å². The van der Waals surface area contributed by atoms with E-state index in [1.807, 2.05) is 11.9 Å². The molecule has 0 aliphatic carbocycles. The number of anilines is 2. The zero-order valence-corrected chi connectivity index (χ0v) is 11.5. The van der Waals surface area contributed by atoms with Crippen molar-refractivity contribution in [1.82, 2.24) is 9.99 Å². The van der Waals surface area contributed by atoms with E-state index in [-0.39, 0.29) is 11.5 Å². The van der Waals surface area contributed by atoms with Gasteiger partial charge in [-0.3, -0.25) is 15.5 Å². The molecule has 8 heteroatoms. The van der Waals surface area contributed by atoms with E-state index >= 15 is 0 Å². The molecule has 1 aliphatic rings. The van der Waals surface area contributed by atoms with Gasteiger partial charge < -0.3 is 10.1 Å². The summed E-state index contributed by atoms with van der Waals surface area (Å²) in [5, 5.41) is 16.0. The lowest BCUT2D eigenvalue weighted by molar-refractivity contribution is -0.384. The standard InChI is InChI=1S/C12H19N5O3/c1-2-5-13-11-4-3-10(17(18)19)12(14-11)15-16-6-8-20-9-7-16/h3-4H,2,5-9H2,1H3,(H2,13,14,15). The van der Waals surface area contributed by atoms with Crippen molar-refractivity contribution in [1.29, 1.82) is 0 Å². The summed E-state index contributed by atoms with van der Waals surface area (Å²) < 4.78 is 5.24. The fourth-order valence-corrected chi connectivity index (χ4v) is 1.86. The van der Waals surface area contributed by atoms with Gasteiger partial charge in [-0.05, 0) is 12.5 Å². The first-order chi connectivity index (χ1) is 9.70. The zero-order valence-electron chi connectivity index (χ0n) is 11.5. The van der Waals surface area contributed by atoms with Crippen LogP contribution < -0.4 is 10.7 Å². The Morgan fingerprint density at radius 3 is 2.85 bits per heavy atom. The van der Waals surface area contributed by atoms with Crippen molar-refractivity contribution in [2.45, 2.75) is 13.3 Å². The van der Waals surface area contributed by atoms with Crippen LogP contribution in [0.4, 0.5) is 17.3 Å². The van der Waals surface area contributed by atoms with Gasteiger partial charge in [0.1, 0.15) is 5.82 Å². The van der Waals surface area contributed by atoms with E-state index in [0.29, 0.717) is 32.1 Å². The molecule has 0 radical (unpaired) electrons. The van der Waals surface area contributed by atoms with Gasteiger partial charge in [0, 0.05) is 25.7 Å². The number of nitrogens with zero attached hydrogens (tertiary/aromatic N) is 3. The first-order valence-corrected chi connectivity index (χ1v) is 6.69. The van der Waals surface area contributed by atoms with Gasteiger partial charge in [0.15, 0.2) is 0 Å². The number of nitro groups is 1. The predicted molar refractivity (Wildman–Crippen MR) is 75.7 cm³/mol. The van der Waals surface area contributed by atoms with E-state index in [1.165, 1.54) is 6.07 Å². The van der Waals surface area contributed by atoms with Crippen LogP contribution in [0.3, 0.4) is 0 Å². The highest BCUT2D eigenvalue weighted by molar-refractivity contribution is 5.59. The Hall–Kier alpha value is -1.93. The van der Waals surface area contributed by atoms with Gasteiger partial charge >= 0.3 is 5.69 Å². The zero-order chi connectivity index (χ0) is 14.4. The third kappa shape index (κ3) is 3.78. The van der Waals surface area contributed by atoms with E-state index in [4.69, 9.17) is 4.74 Å². The summed E-state index contributed by atoms with van der Waals surface area (Å²) in [6.45, 7) is 5.38. The molecule has 0 saturated carbocycles. The maximum absolute atomic E-state index is 11.1. The summed E-state index contributed by atoms with van der Waals surface area (Å²) in [4.78, 5) is 14.9. The monoisotopic (exact) mass is 281 g/mol. The third-order valence-electron chi connectivity index (χ3n) is 2.90.